The third kappa shape index (κ3) is 5.71. The second-order valence-electron chi connectivity index (χ2n) is 4.05. The van der Waals surface area contributed by atoms with Crippen LogP contribution in [0.5, 0.6) is 0 Å². The molecule has 0 spiro atoms. The standard InChI is InChI=1S/C13H18ClNO2/c1-2-7-15(8-6-13(16)17)10-11-4-3-5-12(14)9-11/h3-5,9H,2,6-8,10H2,1H3,(H,16,17). The van der Waals surface area contributed by atoms with E-state index in [1.54, 1.807) is 0 Å². The van der Waals surface area contributed by atoms with Crippen molar-refractivity contribution in [2.75, 3.05) is 13.1 Å². The monoisotopic (exact) mass is 255 g/mol. The van der Waals surface area contributed by atoms with Crippen molar-refractivity contribution in [2.45, 2.75) is 26.3 Å². The Balaban J connectivity index is 2.56. The highest BCUT2D eigenvalue weighted by atomic mass is 35.5. The molecule has 0 aliphatic carbocycles. The van der Waals surface area contributed by atoms with Crippen LogP contribution >= 0.6 is 11.6 Å². The number of hydrogen-bond donors (Lipinski definition) is 1. The maximum atomic E-state index is 10.6. The van der Waals surface area contributed by atoms with E-state index in [9.17, 15) is 4.79 Å². The van der Waals surface area contributed by atoms with Crippen molar-refractivity contribution in [3.63, 3.8) is 0 Å². The number of rotatable bonds is 7. The van der Waals surface area contributed by atoms with Gasteiger partial charge in [0.05, 0.1) is 6.42 Å². The second kappa shape index (κ2) is 7.30. The Kier molecular flexibility index (Phi) is 6.01. The highest BCUT2D eigenvalue weighted by molar-refractivity contribution is 6.30. The molecule has 0 fully saturated rings. The van der Waals surface area contributed by atoms with Crippen LogP contribution in [0, 0.1) is 0 Å². The number of aliphatic carboxylic acids is 1. The Labute approximate surface area is 107 Å². The van der Waals surface area contributed by atoms with E-state index < -0.39 is 5.97 Å². The fraction of sp³-hybridized carbons (Fsp3) is 0.462. The van der Waals surface area contributed by atoms with Crippen LogP contribution in [-0.2, 0) is 11.3 Å². The summed E-state index contributed by atoms with van der Waals surface area (Å²) in [4.78, 5) is 12.7. The molecule has 17 heavy (non-hydrogen) atoms. The number of halogens is 1. The predicted octanol–water partition coefficient (Wildman–Crippen LogP) is 3.03. The first-order chi connectivity index (χ1) is 8.11. The molecule has 1 rings (SSSR count). The van der Waals surface area contributed by atoms with E-state index in [1.807, 2.05) is 24.3 Å². The molecule has 0 saturated heterocycles. The second-order valence-corrected chi connectivity index (χ2v) is 4.49. The normalized spacial score (nSPS) is 10.8. The lowest BCUT2D eigenvalue weighted by atomic mass is 10.2. The number of benzene rings is 1. The van der Waals surface area contributed by atoms with Crippen molar-refractivity contribution in [3.05, 3.63) is 34.9 Å². The quantitative estimate of drug-likeness (QED) is 0.814. The first-order valence-corrected chi connectivity index (χ1v) is 6.18. The number of carboxylic acid groups (broad SMARTS) is 1. The van der Waals surface area contributed by atoms with Gasteiger partial charge in [-0.2, -0.15) is 0 Å². The minimum atomic E-state index is -0.753. The summed E-state index contributed by atoms with van der Waals surface area (Å²) in [5.41, 5.74) is 1.12. The van der Waals surface area contributed by atoms with Gasteiger partial charge in [0.15, 0.2) is 0 Å². The van der Waals surface area contributed by atoms with E-state index in [0.717, 1.165) is 30.1 Å². The Morgan fingerprint density at radius 2 is 2.18 bits per heavy atom. The van der Waals surface area contributed by atoms with Gasteiger partial charge in [-0.25, -0.2) is 0 Å². The maximum absolute atomic E-state index is 10.6. The van der Waals surface area contributed by atoms with Crippen molar-refractivity contribution in [2.24, 2.45) is 0 Å². The van der Waals surface area contributed by atoms with Crippen LogP contribution in [0.25, 0.3) is 0 Å². The highest BCUT2D eigenvalue weighted by Gasteiger charge is 2.07. The molecule has 0 radical (unpaired) electrons. The summed E-state index contributed by atoms with van der Waals surface area (Å²) >= 11 is 5.92. The summed E-state index contributed by atoms with van der Waals surface area (Å²) in [6.07, 6.45) is 1.20. The molecule has 0 saturated carbocycles. The Morgan fingerprint density at radius 1 is 1.41 bits per heavy atom. The van der Waals surface area contributed by atoms with Crippen molar-refractivity contribution in [1.82, 2.24) is 4.90 Å². The summed E-state index contributed by atoms with van der Waals surface area (Å²) in [6.45, 7) is 4.32. The SMILES string of the molecule is CCCN(CCC(=O)O)Cc1cccc(Cl)c1. The van der Waals surface area contributed by atoms with Gasteiger partial charge in [0.25, 0.3) is 0 Å². The molecule has 0 heterocycles. The molecule has 0 aromatic heterocycles. The molecular formula is C13H18ClNO2. The topological polar surface area (TPSA) is 40.5 Å². The molecular weight excluding hydrogens is 238 g/mol. The maximum Gasteiger partial charge on any atom is 0.304 e. The predicted molar refractivity (Wildman–Crippen MR) is 69.3 cm³/mol. The lowest BCUT2D eigenvalue weighted by molar-refractivity contribution is -0.137. The Bertz CT molecular complexity index is 368. The zero-order valence-corrected chi connectivity index (χ0v) is 10.8. The molecule has 0 bridgehead atoms. The number of nitrogens with zero attached hydrogens (tertiary/aromatic N) is 1. The third-order valence-electron chi connectivity index (χ3n) is 2.48. The lowest BCUT2D eigenvalue weighted by Gasteiger charge is -2.20. The van der Waals surface area contributed by atoms with E-state index in [-0.39, 0.29) is 6.42 Å². The van der Waals surface area contributed by atoms with Crippen LogP contribution in [0.15, 0.2) is 24.3 Å². The zero-order chi connectivity index (χ0) is 12.7. The van der Waals surface area contributed by atoms with Crippen LogP contribution in [0.4, 0.5) is 0 Å². The van der Waals surface area contributed by atoms with Crippen LogP contribution in [-0.4, -0.2) is 29.1 Å². The molecule has 0 unspecified atom stereocenters. The molecule has 0 aliphatic heterocycles. The number of carboxylic acids is 1. The fourth-order valence-corrected chi connectivity index (χ4v) is 1.95. The molecule has 1 aromatic carbocycles. The average molecular weight is 256 g/mol. The van der Waals surface area contributed by atoms with E-state index in [0.29, 0.717) is 6.54 Å². The Hall–Kier alpha value is -1.06. The van der Waals surface area contributed by atoms with Gasteiger partial charge in [-0.1, -0.05) is 30.7 Å². The first kappa shape index (κ1) is 14.0. The van der Waals surface area contributed by atoms with E-state index >= 15 is 0 Å². The largest absolute Gasteiger partial charge is 0.481 e. The van der Waals surface area contributed by atoms with Crippen molar-refractivity contribution < 1.29 is 9.90 Å². The molecule has 94 valence electrons. The first-order valence-electron chi connectivity index (χ1n) is 5.80. The Morgan fingerprint density at radius 3 is 2.76 bits per heavy atom. The summed E-state index contributed by atoms with van der Waals surface area (Å²) in [7, 11) is 0. The molecule has 0 amide bonds. The van der Waals surface area contributed by atoms with E-state index in [2.05, 4.69) is 11.8 Å². The van der Waals surface area contributed by atoms with Crippen LogP contribution < -0.4 is 0 Å². The van der Waals surface area contributed by atoms with Gasteiger partial charge in [0, 0.05) is 18.1 Å². The van der Waals surface area contributed by atoms with Crippen LogP contribution in [0.1, 0.15) is 25.3 Å². The fourth-order valence-electron chi connectivity index (χ4n) is 1.73. The molecule has 3 nitrogen and oxygen atoms in total. The minimum Gasteiger partial charge on any atom is -0.481 e. The van der Waals surface area contributed by atoms with Gasteiger partial charge in [-0.15, -0.1) is 0 Å². The third-order valence-corrected chi connectivity index (χ3v) is 2.71. The summed E-state index contributed by atoms with van der Waals surface area (Å²) < 4.78 is 0. The van der Waals surface area contributed by atoms with Gasteiger partial charge >= 0.3 is 5.97 Å². The van der Waals surface area contributed by atoms with Crippen molar-refractivity contribution >= 4 is 17.6 Å². The number of hydrogen-bond acceptors (Lipinski definition) is 2. The zero-order valence-electron chi connectivity index (χ0n) is 10.0. The van der Waals surface area contributed by atoms with Gasteiger partial charge in [-0.05, 0) is 30.7 Å². The van der Waals surface area contributed by atoms with E-state index in [4.69, 9.17) is 16.7 Å². The summed E-state index contributed by atoms with van der Waals surface area (Å²) in [6, 6.07) is 7.69. The molecule has 1 N–H and O–H groups in total. The lowest BCUT2D eigenvalue weighted by Crippen LogP contribution is -2.26. The highest BCUT2D eigenvalue weighted by Crippen LogP contribution is 2.13. The molecule has 4 heteroatoms. The summed E-state index contributed by atoms with van der Waals surface area (Å²) in [5.74, 6) is -0.753. The van der Waals surface area contributed by atoms with Crippen LogP contribution in [0.3, 0.4) is 0 Å². The molecule has 0 atom stereocenters. The van der Waals surface area contributed by atoms with Crippen molar-refractivity contribution in [3.8, 4) is 0 Å². The minimum absolute atomic E-state index is 0.181. The van der Waals surface area contributed by atoms with Gasteiger partial charge in [0.1, 0.15) is 0 Å². The smallest absolute Gasteiger partial charge is 0.304 e. The van der Waals surface area contributed by atoms with E-state index in [1.165, 1.54) is 0 Å². The molecule has 1 aromatic rings. The van der Waals surface area contributed by atoms with Gasteiger partial charge < -0.3 is 5.11 Å². The van der Waals surface area contributed by atoms with Gasteiger partial charge in [0.2, 0.25) is 0 Å². The van der Waals surface area contributed by atoms with Crippen molar-refractivity contribution in [1.29, 1.82) is 0 Å². The summed E-state index contributed by atoms with van der Waals surface area (Å²) in [5, 5.41) is 9.41. The van der Waals surface area contributed by atoms with Gasteiger partial charge in [-0.3, -0.25) is 9.69 Å². The number of carbonyl (C=O) groups is 1. The average Bonchev–Trinajstić information content (AvgIpc) is 2.26. The molecule has 0 aliphatic rings. The van der Waals surface area contributed by atoms with Crippen LogP contribution in [0.2, 0.25) is 5.02 Å².